The van der Waals surface area contributed by atoms with Crippen molar-refractivity contribution >= 4 is 32.7 Å². The molecule has 2 N–H and O–H groups in total. The first-order chi connectivity index (χ1) is 16.9. The van der Waals surface area contributed by atoms with Crippen molar-refractivity contribution in [1.29, 1.82) is 0 Å². The summed E-state index contributed by atoms with van der Waals surface area (Å²) in [5.41, 5.74) is 7.97. The molecule has 8 nitrogen and oxygen atoms in total. The minimum Gasteiger partial charge on any atom is -0.478 e. The molecule has 0 bridgehead atoms. The number of nitrogens with zero attached hydrogens (tertiary/aromatic N) is 5. The maximum atomic E-state index is 15.8. The predicted octanol–water partition coefficient (Wildman–Crippen LogP) is 4.79. The summed E-state index contributed by atoms with van der Waals surface area (Å²) in [5.74, 6) is -0.0147. The third-order valence-electron chi connectivity index (χ3n) is 5.39. The second-order valence-corrected chi connectivity index (χ2v) is 9.13. The van der Waals surface area contributed by atoms with E-state index in [4.69, 9.17) is 10.5 Å². The highest BCUT2D eigenvalue weighted by molar-refractivity contribution is 7.23. The van der Waals surface area contributed by atoms with Crippen LogP contribution in [0.4, 0.5) is 14.3 Å². The summed E-state index contributed by atoms with van der Waals surface area (Å²) >= 11 is 1.21. The molecule has 0 aliphatic heterocycles. The first-order valence-corrected chi connectivity index (χ1v) is 12.1. The van der Waals surface area contributed by atoms with Gasteiger partial charge in [-0.1, -0.05) is 17.4 Å². The number of hydrogen-bond acceptors (Lipinski definition) is 7. The van der Waals surface area contributed by atoms with Crippen molar-refractivity contribution in [2.24, 2.45) is 5.73 Å². The number of amides is 2. The van der Waals surface area contributed by atoms with E-state index in [1.165, 1.54) is 16.2 Å². The highest BCUT2D eigenvalue weighted by Crippen LogP contribution is 2.41. The summed E-state index contributed by atoms with van der Waals surface area (Å²) in [6.45, 7) is 3.57. The number of carbonyl (C=O) groups excluding carboxylic acids is 1. The summed E-state index contributed by atoms with van der Waals surface area (Å²) in [4.78, 5) is 28.5. The van der Waals surface area contributed by atoms with Crippen molar-refractivity contribution < 1.29 is 13.9 Å². The van der Waals surface area contributed by atoms with Crippen LogP contribution < -0.4 is 15.4 Å². The zero-order valence-electron chi connectivity index (χ0n) is 19.9. The Bertz CT molecular complexity index is 1310. The van der Waals surface area contributed by atoms with E-state index in [9.17, 15) is 4.79 Å². The summed E-state index contributed by atoms with van der Waals surface area (Å²) in [7, 11) is 4.02. The summed E-state index contributed by atoms with van der Waals surface area (Å²) < 4.78 is 22.1. The van der Waals surface area contributed by atoms with Crippen molar-refractivity contribution in [3.05, 3.63) is 54.6 Å². The van der Waals surface area contributed by atoms with E-state index < -0.39 is 11.8 Å². The van der Waals surface area contributed by atoms with Crippen LogP contribution >= 0.6 is 11.3 Å². The van der Waals surface area contributed by atoms with Crippen molar-refractivity contribution in [1.82, 2.24) is 19.9 Å². The molecule has 35 heavy (non-hydrogen) atoms. The molecule has 0 aliphatic carbocycles. The van der Waals surface area contributed by atoms with Crippen LogP contribution in [-0.2, 0) is 0 Å². The number of urea groups is 1. The number of anilines is 1. The SMILES string of the molecule is CCN(C(N)=O)c1nc2c(F)c(-c3ccc(OCCCN(C)C)nc3)cc(-c3ccccn3)c2s1. The van der Waals surface area contributed by atoms with Gasteiger partial charge in [-0.3, -0.25) is 9.88 Å². The molecule has 3 aromatic heterocycles. The maximum absolute atomic E-state index is 15.8. The number of rotatable bonds is 9. The number of carbonyl (C=O) groups is 1. The van der Waals surface area contributed by atoms with Crippen LogP contribution in [0, 0.1) is 5.82 Å². The quantitative estimate of drug-likeness (QED) is 0.336. The van der Waals surface area contributed by atoms with Gasteiger partial charge in [-0.25, -0.2) is 19.2 Å². The van der Waals surface area contributed by atoms with Gasteiger partial charge in [0.05, 0.1) is 17.0 Å². The van der Waals surface area contributed by atoms with Gasteiger partial charge in [0, 0.05) is 48.2 Å². The number of hydrogen-bond donors (Lipinski definition) is 1. The maximum Gasteiger partial charge on any atom is 0.321 e. The average Bonchev–Trinajstić information content (AvgIpc) is 3.29. The second-order valence-electron chi connectivity index (χ2n) is 8.15. The molecule has 0 spiro atoms. The van der Waals surface area contributed by atoms with Crippen molar-refractivity contribution in [2.75, 3.05) is 38.7 Å². The number of ether oxygens (including phenoxy) is 1. The highest BCUT2D eigenvalue weighted by Gasteiger charge is 2.23. The van der Waals surface area contributed by atoms with Gasteiger partial charge in [-0.15, -0.1) is 0 Å². The third-order valence-corrected chi connectivity index (χ3v) is 6.51. The molecule has 0 aliphatic rings. The number of aromatic nitrogens is 3. The lowest BCUT2D eigenvalue weighted by Gasteiger charge is -2.13. The molecule has 3 heterocycles. The first-order valence-electron chi connectivity index (χ1n) is 11.2. The highest BCUT2D eigenvalue weighted by atomic mass is 32.1. The van der Waals surface area contributed by atoms with Gasteiger partial charge in [-0.05, 0) is 51.7 Å². The van der Waals surface area contributed by atoms with Crippen LogP contribution in [-0.4, -0.2) is 59.7 Å². The molecule has 4 rings (SSSR count). The zero-order chi connectivity index (χ0) is 24.9. The lowest BCUT2D eigenvalue weighted by molar-refractivity contribution is 0.254. The molecule has 0 radical (unpaired) electrons. The zero-order valence-corrected chi connectivity index (χ0v) is 20.7. The number of pyridine rings is 2. The van der Waals surface area contributed by atoms with Crippen LogP contribution in [0.2, 0.25) is 0 Å². The van der Waals surface area contributed by atoms with Gasteiger partial charge in [-0.2, -0.15) is 0 Å². The van der Waals surface area contributed by atoms with Gasteiger partial charge in [0.1, 0.15) is 5.52 Å². The molecule has 0 atom stereocenters. The van der Waals surface area contributed by atoms with Crippen LogP contribution in [0.1, 0.15) is 13.3 Å². The van der Waals surface area contributed by atoms with E-state index in [0.29, 0.717) is 51.2 Å². The van der Waals surface area contributed by atoms with Gasteiger partial charge < -0.3 is 15.4 Å². The van der Waals surface area contributed by atoms with E-state index in [1.807, 2.05) is 32.3 Å². The first kappa shape index (κ1) is 24.5. The number of benzene rings is 1. The lowest BCUT2D eigenvalue weighted by atomic mass is 10.0. The van der Waals surface area contributed by atoms with E-state index in [2.05, 4.69) is 19.9 Å². The van der Waals surface area contributed by atoms with Crippen LogP contribution in [0.15, 0.2) is 48.8 Å². The summed E-state index contributed by atoms with van der Waals surface area (Å²) in [6.07, 6.45) is 4.14. The Morgan fingerprint density at radius 3 is 2.63 bits per heavy atom. The molecule has 10 heteroatoms. The monoisotopic (exact) mass is 494 g/mol. The Morgan fingerprint density at radius 2 is 2.00 bits per heavy atom. The molecule has 0 saturated carbocycles. The Kier molecular flexibility index (Phi) is 7.52. The number of primary amides is 1. The second kappa shape index (κ2) is 10.7. The molecule has 0 saturated heterocycles. The Morgan fingerprint density at radius 1 is 1.17 bits per heavy atom. The Labute approximate surface area is 207 Å². The van der Waals surface area contributed by atoms with Crippen LogP contribution in [0.3, 0.4) is 0 Å². The van der Waals surface area contributed by atoms with E-state index in [-0.39, 0.29) is 5.52 Å². The summed E-state index contributed by atoms with van der Waals surface area (Å²) in [6, 6.07) is 10.1. The fourth-order valence-electron chi connectivity index (χ4n) is 3.65. The largest absolute Gasteiger partial charge is 0.478 e. The average molecular weight is 495 g/mol. The van der Waals surface area contributed by atoms with E-state index >= 15 is 4.39 Å². The van der Waals surface area contributed by atoms with Crippen molar-refractivity contribution in [2.45, 2.75) is 13.3 Å². The lowest BCUT2D eigenvalue weighted by Crippen LogP contribution is -2.35. The van der Waals surface area contributed by atoms with Crippen molar-refractivity contribution in [3.63, 3.8) is 0 Å². The molecule has 182 valence electrons. The number of nitrogens with two attached hydrogens (primary N) is 1. The van der Waals surface area contributed by atoms with Gasteiger partial charge in [0.25, 0.3) is 0 Å². The van der Waals surface area contributed by atoms with Gasteiger partial charge in [0.15, 0.2) is 10.9 Å². The Balaban J connectivity index is 1.75. The molecule has 0 fully saturated rings. The van der Waals surface area contributed by atoms with Gasteiger partial charge in [0.2, 0.25) is 5.88 Å². The minimum atomic E-state index is -0.642. The fourth-order valence-corrected chi connectivity index (χ4v) is 4.80. The normalized spacial score (nSPS) is 11.2. The summed E-state index contributed by atoms with van der Waals surface area (Å²) in [5, 5.41) is 0.336. The molecule has 1 aromatic carbocycles. The third kappa shape index (κ3) is 5.39. The minimum absolute atomic E-state index is 0.159. The van der Waals surface area contributed by atoms with Crippen LogP contribution in [0.25, 0.3) is 32.6 Å². The van der Waals surface area contributed by atoms with E-state index in [0.717, 1.165) is 13.0 Å². The predicted molar refractivity (Wildman–Crippen MR) is 137 cm³/mol. The molecule has 2 amide bonds. The molecular weight excluding hydrogens is 467 g/mol. The van der Waals surface area contributed by atoms with E-state index in [1.54, 1.807) is 37.5 Å². The molecule has 4 aromatic rings. The van der Waals surface area contributed by atoms with Gasteiger partial charge >= 0.3 is 6.03 Å². The smallest absolute Gasteiger partial charge is 0.321 e. The number of fused-ring (bicyclic) bond motifs is 1. The fraction of sp³-hybridized carbons (Fsp3) is 0.280. The van der Waals surface area contributed by atoms with Crippen molar-refractivity contribution in [3.8, 4) is 28.3 Å². The molecule has 0 unspecified atom stereocenters. The number of halogens is 1. The standard InChI is InChI=1S/C25H27FN6O2S/c1-4-32(24(27)33)25-30-22-21(26)17(14-18(23(22)35-25)19-8-5-6-11-28-19)16-9-10-20(29-15-16)34-13-7-12-31(2)3/h5-6,8-11,14-15H,4,7,12-13H2,1-3H3,(H2,27,33). The molecular formula is C25H27FN6O2S. The number of thiazole rings is 1. The van der Waals surface area contributed by atoms with Crippen LogP contribution in [0.5, 0.6) is 5.88 Å². The Hall–Kier alpha value is -3.63. The topological polar surface area (TPSA) is 97.5 Å².